The van der Waals surface area contributed by atoms with Gasteiger partial charge in [0.2, 0.25) is 5.91 Å². The number of hydrogen-bond acceptors (Lipinski definition) is 1. The van der Waals surface area contributed by atoms with Crippen molar-refractivity contribution in [1.82, 2.24) is 5.32 Å². The van der Waals surface area contributed by atoms with E-state index in [0.717, 1.165) is 44.6 Å². The Balaban J connectivity index is 4.32. The molecule has 1 N–H and O–H groups in total. The summed E-state index contributed by atoms with van der Waals surface area (Å²) in [5.74, 6) is 1.05. The van der Waals surface area contributed by atoms with E-state index in [1.807, 2.05) is 0 Å². The number of rotatable bonds is 11. The summed E-state index contributed by atoms with van der Waals surface area (Å²) in [6, 6.07) is 0. The molecule has 114 valence electrons. The lowest BCUT2D eigenvalue weighted by Gasteiger charge is -2.30. The Kier molecular flexibility index (Phi) is 9.99. The molecule has 0 fully saturated rings. The van der Waals surface area contributed by atoms with E-state index in [-0.39, 0.29) is 11.3 Å². The van der Waals surface area contributed by atoms with Gasteiger partial charge in [-0.05, 0) is 31.6 Å². The topological polar surface area (TPSA) is 29.1 Å². The van der Waals surface area contributed by atoms with Crippen molar-refractivity contribution >= 4 is 5.91 Å². The fourth-order valence-corrected chi connectivity index (χ4v) is 2.83. The summed E-state index contributed by atoms with van der Waals surface area (Å²) < 4.78 is 0. The van der Waals surface area contributed by atoms with Gasteiger partial charge in [-0.15, -0.1) is 0 Å². The van der Waals surface area contributed by atoms with E-state index in [4.69, 9.17) is 0 Å². The predicted molar refractivity (Wildman–Crippen MR) is 84.2 cm³/mol. The molecule has 0 aromatic rings. The van der Waals surface area contributed by atoms with Gasteiger partial charge in [-0.2, -0.15) is 0 Å². The van der Waals surface area contributed by atoms with Crippen molar-refractivity contribution in [2.24, 2.45) is 11.3 Å². The highest BCUT2D eigenvalue weighted by atomic mass is 16.2. The molecule has 0 unspecified atom stereocenters. The van der Waals surface area contributed by atoms with Gasteiger partial charge in [0.1, 0.15) is 0 Å². The van der Waals surface area contributed by atoms with Crippen molar-refractivity contribution in [3.05, 3.63) is 0 Å². The van der Waals surface area contributed by atoms with Crippen molar-refractivity contribution in [2.45, 2.75) is 86.0 Å². The van der Waals surface area contributed by atoms with E-state index in [9.17, 15) is 4.79 Å². The molecule has 2 nitrogen and oxygen atoms in total. The lowest BCUT2D eigenvalue weighted by Crippen LogP contribution is -2.41. The second-order valence-corrected chi connectivity index (χ2v) is 5.82. The van der Waals surface area contributed by atoms with Gasteiger partial charge in [-0.1, -0.05) is 60.3 Å². The largest absolute Gasteiger partial charge is 0.356 e. The van der Waals surface area contributed by atoms with Crippen LogP contribution in [0.15, 0.2) is 0 Å². The normalized spacial score (nSPS) is 11.9. The minimum Gasteiger partial charge on any atom is -0.356 e. The maximum absolute atomic E-state index is 12.5. The summed E-state index contributed by atoms with van der Waals surface area (Å²) in [7, 11) is 0. The third kappa shape index (κ3) is 5.97. The Morgan fingerprint density at radius 2 is 1.63 bits per heavy atom. The molecule has 2 heteroatoms. The second-order valence-electron chi connectivity index (χ2n) is 5.82. The van der Waals surface area contributed by atoms with Gasteiger partial charge in [0.05, 0.1) is 0 Å². The molecule has 0 aliphatic carbocycles. The van der Waals surface area contributed by atoms with Crippen LogP contribution in [0.3, 0.4) is 0 Å². The molecule has 0 heterocycles. The predicted octanol–water partition coefficient (Wildman–Crippen LogP) is 4.93. The molecule has 0 bridgehead atoms. The number of nitrogens with one attached hydrogen (secondary N) is 1. The molecule has 0 saturated carbocycles. The van der Waals surface area contributed by atoms with E-state index in [1.54, 1.807) is 0 Å². The minimum absolute atomic E-state index is 0.121. The number of carbonyl (C=O) groups excluding carboxylic acids is 1. The molecule has 0 spiro atoms. The van der Waals surface area contributed by atoms with Crippen LogP contribution in [0.5, 0.6) is 0 Å². The van der Waals surface area contributed by atoms with E-state index < -0.39 is 0 Å². The molecule has 0 aliphatic rings. The Morgan fingerprint density at radius 1 is 1.05 bits per heavy atom. The number of unbranched alkanes of at least 4 members (excludes halogenated alkanes) is 1. The van der Waals surface area contributed by atoms with Gasteiger partial charge in [0, 0.05) is 12.0 Å². The fourth-order valence-electron chi connectivity index (χ4n) is 2.83. The van der Waals surface area contributed by atoms with Gasteiger partial charge in [0.25, 0.3) is 0 Å². The van der Waals surface area contributed by atoms with E-state index in [1.165, 1.54) is 19.3 Å². The first kappa shape index (κ1) is 18.5. The standard InChI is InChI=1S/C17H35NO/c1-6-11-13-17(9-4,10-5)16(19)18-14-12-15(7-2)8-3/h15H,6-14H2,1-5H3,(H,18,19). The quantitative estimate of drug-likeness (QED) is 0.566. The average molecular weight is 269 g/mol. The van der Waals surface area contributed by atoms with Gasteiger partial charge >= 0.3 is 0 Å². The van der Waals surface area contributed by atoms with Gasteiger partial charge < -0.3 is 5.32 Å². The van der Waals surface area contributed by atoms with Crippen LogP contribution < -0.4 is 5.32 Å². The summed E-state index contributed by atoms with van der Waals surface area (Å²) in [5, 5.41) is 3.19. The van der Waals surface area contributed by atoms with Crippen LogP contribution >= 0.6 is 0 Å². The van der Waals surface area contributed by atoms with Crippen LogP contribution in [-0.2, 0) is 4.79 Å². The highest BCUT2D eigenvalue weighted by Crippen LogP contribution is 2.32. The van der Waals surface area contributed by atoms with Crippen molar-refractivity contribution in [2.75, 3.05) is 6.54 Å². The van der Waals surface area contributed by atoms with Crippen molar-refractivity contribution in [3.63, 3.8) is 0 Å². The molecule has 0 saturated heterocycles. The van der Waals surface area contributed by atoms with Crippen LogP contribution in [0.4, 0.5) is 0 Å². The first-order valence-corrected chi connectivity index (χ1v) is 8.38. The SMILES string of the molecule is CCCCC(CC)(CC)C(=O)NCCC(CC)CC. The van der Waals surface area contributed by atoms with E-state index >= 15 is 0 Å². The minimum atomic E-state index is -0.121. The van der Waals surface area contributed by atoms with Crippen LogP contribution in [0.25, 0.3) is 0 Å². The first-order valence-electron chi connectivity index (χ1n) is 8.38. The van der Waals surface area contributed by atoms with Crippen LogP contribution in [-0.4, -0.2) is 12.5 Å². The van der Waals surface area contributed by atoms with Crippen LogP contribution in [0.2, 0.25) is 0 Å². The zero-order valence-electron chi connectivity index (χ0n) is 13.8. The zero-order valence-corrected chi connectivity index (χ0v) is 13.8. The first-order chi connectivity index (χ1) is 9.10. The summed E-state index contributed by atoms with van der Waals surface area (Å²) in [5.41, 5.74) is -0.121. The summed E-state index contributed by atoms with van der Waals surface area (Å²) in [6.07, 6.45) is 8.83. The molecule has 19 heavy (non-hydrogen) atoms. The maximum Gasteiger partial charge on any atom is 0.226 e. The summed E-state index contributed by atoms with van der Waals surface area (Å²) in [6.45, 7) is 11.8. The molecule has 0 aliphatic heterocycles. The van der Waals surface area contributed by atoms with Gasteiger partial charge in [-0.25, -0.2) is 0 Å². The Morgan fingerprint density at radius 3 is 2.05 bits per heavy atom. The number of carbonyl (C=O) groups is 1. The van der Waals surface area contributed by atoms with Crippen LogP contribution in [0.1, 0.15) is 86.0 Å². The highest BCUT2D eigenvalue weighted by Gasteiger charge is 2.33. The summed E-state index contributed by atoms with van der Waals surface area (Å²) >= 11 is 0. The molecule has 1 amide bonds. The van der Waals surface area contributed by atoms with Crippen LogP contribution in [0, 0.1) is 11.3 Å². The Bertz CT molecular complexity index is 229. The molecular weight excluding hydrogens is 234 g/mol. The van der Waals surface area contributed by atoms with Gasteiger partial charge in [0.15, 0.2) is 0 Å². The van der Waals surface area contributed by atoms with Gasteiger partial charge in [-0.3, -0.25) is 4.79 Å². The highest BCUT2D eigenvalue weighted by molar-refractivity contribution is 5.82. The fraction of sp³-hybridized carbons (Fsp3) is 0.941. The molecule has 0 aromatic heterocycles. The smallest absolute Gasteiger partial charge is 0.226 e. The third-order valence-electron chi connectivity index (χ3n) is 4.84. The lowest BCUT2D eigenvalue weighted by molar-refractivity contribution is -0.132. The third-order valence-corrected chi connectivity index (χ3v) is 4.84. The molecule has 0 aromatic carbocycles. The molecule has 0 rings (SSSR count). The molecular formula is C17H35NO. The average Bonchev–Trinajstić information content (AvgIpc) is 2.45. The van der Waals surface area contributed by atoms with E-state index in [0.29, 0.717) is 0 Å². The zero-order chi connectivity index (χ0) is 14.7. The summed E-state index contributed by atoms with van der Waals surface area (Å²) in [4.78, 5) is 12.5. The Hall–Kier alpha value is -0.530. The molecule has 0 atom stereocenters. The lowest BCUT2D eigenvalue weighted by atomic mass is 9.77. The molecule has 0 radical (unpaired) electrons. The number of hydrogen-bond donors (Lipinski definition) is 1. The van der Waals surface area contributed by atoms with Crippen molar-refractivity contribution < 1.29 is 4.79 Å². The Labute approximate surface area is 120 Å². The van der Waals surface area contributed by atoms with Crippen molar-refractivity contribution in [3.8, 4) is 0 Å². The number of amides is 1. The monoisotopic (exact) mass is 269 g/mol. The maximum atomic E-state index is 12.5. The van der Waals surface area contributed by atoms with E-state index in [2.05, 4.69) is 39.9 Å². The second kappa shape index (κ2) is 10.3. The van der Waals surface area contributed by atoms with Crippen molar-refractivity contribution in [1.29, 1.82) is 0 Å².